The molecule has 1 aromatic rings. The topological polar surface area (TPSA) is 38.8 Å². The molecule has 1 aromatic carbocycles. The van der Waals surface area contributed by atoms with Crippen LogP contribution in [-0.4, -0.2) is 37.1 Å². The van der Waals surface area contributed by atoms with Crippen LogP contribution in [0, 0.1) is 63.2 Å². The SMILES string of the molecule is COc1ccc([C]2[CH][CH][CH][C]2C(=O)N(C(C)C)C(C)C)c(OC)c1.[CH]1[CH][CH][CH][CH]1.[Fe+2]. The monoisotopic (exact) mass is 449 g/mol. The molecular weight excluding hydrogens is 418 g/mol. The van der Waals surface area contributed by atoms with Crippen LogP contribution in [0.5, 0.6) is 11.5 Å². The summed E-state index contributed by atoms with van der Waals surface area (Å²) in [7, 11) is 3.24. The van der Waals surface area contributed by atoms with Crippen LogP contribution in [0.3, 0.4) is 0 Å². The Balaban J connectivity index is 0.000000655. The van der Waals surface area contributed by atoms with E-state index in [-0.39, 0.29) is 35.1 Å². The molecule has 0 atom stereocenters. The van der Waals surface area contributed by atoms with Crippen LogP contribution in [-0.2, 0) is 21.9 Å². The van der Waals surface area contributed by atoms with E-state index in [0.717, 1.165) is 17.2 Å². The standard InChI is InChI=1S/C20H26NO3.C5H5.Fe/c1-13(2)21(14(3)4)20(22)18-9-7-8-16(18)17-11-10-15(23-5)12-19(17)24-6;1-2-4-5-3-1;/h7-14H,1-6H3;1-5H;/q;;+2. The van der Waals surface area contributed by atoms with Gasteiger partial charge in [-0.1, -0.05) is 6.07 Å². The minimum Gasteiger partial charge on any atom is -0.497 e. The molecule has 30 heavy (non-hydrogen) atoms. The first-order valence-corrected chi connectivity index (χ1v) is 9.88. The molecule has 2 fully saturated rings. The summed E-state index contributed by atoms with van der Waals surface area (Å²) in [4.78, 5) is 15.0. The van der Waals surface area contributed by atoms with Crippen LogP contribution in [0.25, 0.3) is 0 Å². The molecule has 0 N–H and O–H groups in total. The maximum absolute atomic E-state index is 13.1. The summed E-state index contributed by atoms with van der Waals surface area (Å²) in [5, 5.41) is 0. The molecule has 4 nitrogen and oxygen atoms in total. The van der Waals surface area contributed by atoms with Crippen LogP contribution >= 0.6 is 0 Å². The van der Waals surface area contributed by atoms with E-state index in [1.165, 1.54) is 0 Å². The van der Waals surface area contributed by atoms with Gasteiger partial charge in [-0.3, -0.25) is 4.79 Å². The Morgan fingerprint density at radius 1 is 0.833 bits per heavy atom. The molecular formula is C25H31FeNO3+2. The van der Waals surface area contributed by atoms with Crippen molar-refractivity contribution in [1.82, 2.24) is 4.90 Å². The number of rotatable bonds is 6. The second kappa shape index (κ2) is 13.3. The van der Waals surface area contributed by atoms with E-state index in [2.05, 4.69) is 0 Å². The maximum Gasteiger partial charge on any atom is 2.00 e. The predicted octanol–water partition coefficient (Wildman–Crippen LogP) is 4.49. The fourth-order valence-corrected chi connectivity index (χ4v) is 3.39. The Kier molecular flexibility index (Phi) is 11.9. The van der Waals surface area contributed by atoms with Gasteiger partial charge in [0.2, 0.25) is 5.91 Å². The van der Waals surface area contributed by atoms with Crippen molar-refractivity contribution in [2.45, 2.75) is 39.8 Å². The number of carbonyl (C=O) groups is 1. The first-order valence-electron chi connectivity index (χ1n) is 9.88. The Bertz CT molecular complexity index is 628. The third-order valence-electron chi connectivity index (χ3n) is 4.65. The molecule has 3 rings (SSSR count). The van der Waals surface area contributed by atoms with Gasteiger partial charge in [-0.05, 0) is 85.1 Å². The second-order valence-electron chi connectivity index (χ2n) is 7.28. The van der Waals surface area contributed by atoms with Gasteiger partial charge in [-0.25, -0.2) is 0 Å². The number of nitrogens with zero attached hydrogens (tertiary/aromatic N) is 1. The Morgan fingerprint density at radius 2 is 1.40 bits per heavy atom. The Hall–Kier alpha value is -1.19. The first-order chi connectivity index (χ1) is 13.9. The van der Waals surface area contributed by atoms with Gasteiger partial charge in [0.05, 0.1) is 20.1 Å². The molecule has 2 aliphatic rings. The molecule has 0 unspecified atom stereocenters. The first kappa shape index (κ1) is 26.8. The van der Waals surface area contributed by atoms with Crippen molar-refractivity contribution in [2.75, 3.05) is 14.2 Å². The van der Waals surface area contributed by atoms with Gasteiger partial charge in [-0.2, -0.15) is 0 Å². The van der Waals surface area contributed by atoms with Gasteiger partial charge >= 0.3 is 17.1 Å². The number of benzene rings is 1. The van der Waals surface area contributed by atoms with E-state index in [4.69, 9.17) is 9.47 Å². The van der Waals surface area contributed by atoms with Crippen molar-refractivity contribution in [1.29, 1.82) is 0 Å². The van der Waals surface area contributed by atoms with Crippen molar-refractivity contribution >= 4 is 5.91 Å². The largest absolute Gasteiger partial charge is 2.00 e. The molecule has 160 valence electrons. The molecule has 10 radical (unpaired) electrons. The second-order valence-corrected chi connectivity index (χ2v) is 7.28. The molecule has 2 aliphatic carbocycles. The van der Waals surface area contributed by atoms with Crippen molar-refractivity contribution in [2.24, 2.45) is 0 Å². The molecule has 2 saturated carbocycles. The number of methoxy groups -OCH3 is 2. The van der Waals surface area contributed by atoms with Gasteiger partial charge < -0.3 is 14.4 Å². The summed E-state index contributed by atoms with van der Waals surface area (Å²) in [5.41, 5.74) is 0.888. The molecule has 0 saturated heterocycles. The van der Waals surface area contributed by atoms with Crippen molar-refractivity contribution < 1.29 is 31.3 Å². The van der Waals surface area contributed by atoms with Crippen molar-refractivity contribution in [3.05, 3.63) is 87.0 Å². The molecule has 0 spiro atoms. The number of amides is 1. The summed E-state index contributed by atoms with van der Waals surface area (Å²) in [6.45, 7) is 8.14. The van der Waals surface area contributed by atoms with Crippen molar-refractivity contribution in [3.8, 4) is 11.5 Å². The summed E-state index contributed by atoms with van der Waals surface area (Å²) in [5.74, 6) is 3.03. The maximum atomic E-state index is 13.1. The van der Waals surface area contributed by atoms with Gasteiger partial charge in [0.25, 0.3) is 0 Å². The average molecular weight is 449 g/mol. The average Bonchev–Trinajstić information content (AvgIpc) is 3.41. The summed E-state index contributed by atoms with van der Waals surface area (Å²) < 4.78 is 10.7. The fourth-order valence-electron chi connectivity index (χ4n) is 3.39. The van der Waals surface area contributed by atoms with Crippen LogP contribution in [0.4, 0.5) is 0 Å². The van der Waals surface area contributed by atoms with Gasteiger partial charge in [0.1, 0.15) is 11.5 Å². The van der Waals surface area contributed by atoms with Gasteiger partial charge in [0, 0.05) is 29.6 Å². The molecule has 0 heterocycles. The summed E-state index contributed by atoms with van der Waals surface area (Å²) >= 11 is 0. The van der Waals surface area contributed by atoms with Gasteiger partial charge in [-0.15, -0.1) is 0 Å². The van der Waals surface area contributed by atoms with E-state index >= 15 is 0 Å². The molecule has 5 heteroatoms. The molecule has 0 aromatic heterocycles. The number of hydrogen-bond donors (Lipinski definition) is 0. The minimum absolute atomic E-state index is 0. The Labute approximate surface area is 194 Å². The third kappa shape index (κ3) is 6.92. The van der Waals surface area contributed by atoms with E-state index in [1.54, 1.807) is 14.2 Å². The quantitative estimate of drug-likeness (QED) is 0.601. The molecule has 1 amide bonds. The van der Waals surface area contributed by atoms with Crippen molar-refractivity contribution in [3.63, 3.8) is 0 Å². The number of ether oxygens (including phenoxy) is 2. The summed E-state index contributed by atoms with van der Waals surface area (Å²) in [6, 6.07) is 5.91. The molecule has 0 aliphatic heterocycles. The third-order valence-corrected chi connectivity index (χ3v) is 4.65. The zero-order chi connectivity index (χ0) is 21.4. The minimum atomic E-state index is 0. The number of carbonyl (C=O) groups excluding carboxylic acids is 1. The normalized spacial score (nSPS) is 16.8. The fraction of sp³-hybridized carbons (Fsp3) is 0.320. The van der Waals surface area contributed by atoms with Crippen LogP contribution < -0.4 is 9.47 Å². The zero-order valence-corrected chi connectivity index (χ0v) is 19.6. The van der Waals surface area contributed by atoms with Crippen LogP contribution in [0.2, 0.25) is 0 Å². The van der Waals surface area contributed by atoms with E-state index in [1.807, 2.05) is 102 Å². The zero-order valence-electron chi connectivity index (χ0n) is 18.5. The van der Waals surface area contributed by atoms with Gasteiger partial charge in [0.15, 0.2) is 0 Å². The molecule has 0 bridgehead atoms. The van der Waals surface area contributed by atoms with E-state index in [9.17, 15) is 4.79 Å². The predicted molar refractivity (Wildman–Crippen MR) is 117 cm³/mol. The number of hydrogen-bond acceptors (Lipinski definition) is 3. The summed E-state index contributed by atoms with van der Waals surface area (Å²) in [6.07, 6.45) is 15.7. The smallest absolute Gasteiger partial charge is 0.497 e. The Morgan fingerprint density at radius 3 is 1.87 bits per heavy atom. The van der Waals surface area contributed by atoms with Crippen LogP contribution in [0.15, 0.2) is 18.2 Å². The van der Waals surface area contributed by atoms with Crippen LogP contribution in [0.1, 0.15) is 33.3 Å². The van der Waals surface area contributed by atoms with E-state index < -0.39 is 0 Å². The van der Waals surface area contributed by atoms with E-state index in [0.29, 0.717) is 11.7 Å².